The second kappa shape index (κ2) is 4.93. The first-order chi connectivity index (χ1) is 8.41. The van der Waals surface area contributed by atoms with Crippen LogP contribution in [0.4, 0.5) is 0 Å². The Morgan fingerprint density at radius 1 is 1.50 bits per heavy atom. The molecule has 0 N–H and O–H groups in total. The topological polar surface area (TPSA) is 26.3 Å². The molecule has 0 heterocycles. The number of benzene rings is 1. The molecule has 98 valence electrons. The fourth-order valence-electron chi connectivity index (χ4n) is 1.99. The van der Waals surface area contributed by atoms with Gasteiger partial charge in [-0.1, -0.05) is 30.7 Å². The second-order valence-corrected chi connectivity index (χ2v) is 6.14. The van der Waals surface area contributed by atoms with Crippen LogP contribution in [0.3, 0.4) is 0 Å². The predicted molar refractivity (Wildman–Crippen MR) is 72.7 cm³/mol. The van der Waals surface area contributed by atoms with Crippen molar-refractivity contribution >= 4 is 17.6 Å². The van der Waals surface area contributed by atoms with E-state index in [0.29, 0.717) is 23.5 Å². The maximum Gasteiger partial charge on any atom is 0.315 e. The molecule has 1 saturated carbocycles. The highest BCUT2D eigenvalue weighted by Crippen LogP contribution is 2.38. The van der Waals surface area contributed by atoms with E-state index in [9.17, 15) is 4.79 Å². The molecule has 1 fully saturated rings. The quantitative estimate of drug-likeness (QED) is 0.775. The van der Waals surface area contributed by atoms with Gasteiger partial charge in [-0.25, -0.2) is 0 Å². The molecule has 0 radical (unpaired) electrons. The minimum Gasteiger partial charge on any atom is -0.465 e. The van der Waals surface area contributed by atoms with Crippen LogP contribution in [0.15, 0.2) is 24.3 Å². The van der Waals surface area contributed by atoms with Crippen LogP contribution < -0.4 is 0 Å². The molecule has 0 saturated heterocycles. The molecule has 3 heteroatoms. The average molecular weight is 267 g/mol. The number of halogens is 1. The molecule has 1 aliphatic rings. The molecule has 0 aromatic heterocycles. The summed E-state index contributed by atoms with van der Waals surface area (Å²) in [6, 6.07) is 7.39. The average Bonchev–Trinajstić information content (AvgIpc) is 3.02. The van der Waals surface area contributed by atoms with Crippen LogP contribution >= 0.6 is 11.6 Å². The van der Waals surface area contributed by atoms with Gasteiger partial charge < -0.3 is 4.74 Å². The Morgan fingerprint density at radius 2 is 2.17 bits per heavy atom. The van der Waals surface area contributed by atoms with Gasteiger partial charge in [0.15, 0.2) is 0 Å². The van der Waals surface area contributed by atoms with Crippen molar-refractivity contribution in [2.45, 2.75) is 32.6 Å². The lowest BCUT2D eigenvalue weighted by Gasteiger charge is -2.23. The molecule has 0 spiro atoms. The summed E-state index contributed by atoms with van der Waals surface area (Å²) in [5.41, 5.74) is 0.243. The van der Waals surface area contributed by atoms with Crippen LogP contribution in [0.5, 0.6) is 0 Å². The number of hydrogen-bond donors (Lipinski definition) is 0. The Bertz CT molecular complexity index is 454. The van der Waals surface area contributed by atoms with E-state index >= 15 is 0 Å². The Kier molecular flexibility index (Phi) is 3.67. The first kappa shape index (κ1) is 13.4. The van der Waals surface area contributed by atoms with Crippen LogP contribution in [-0.4, -0.2) is 12.6 Å². The molecule has 1 aliphatic carbocycles. The smallest absolute Gasteiger partial charge is 0.315 e. The van der Waals surface area contributed by atoms with E-state index in [-0.39, 0.29) is 5.97 Å². The SMILES string of the molecule is CC1CC1COC(=O)C(C)(C)c1cccc(Cl)c1. The zero-order valence-corrected chi connectivity index (χ0v) is 11.8. The lowest BCUT2D eigenvalue weighted by molar-refractivity contribution is -0.150. The maximum atomic E-state index is 12.2. The highest BCUT2D eigenvalue weighted by molar-refractivity contribution is 6.30. The standard InChI is InChI=1S/C15H19ClO2/c1-10-7-11(10)9-18-14(17)15(2,3)12-5-4-6-13(16)8-12/h4-6,8,10-11H,7,9H2,1-3H3. The molecule has 0 amide bonds. The lowest BCUT2D eigenvalue weighted by atomic mass is 9.85. The molecule has 2 unspecified atom stereocenters. The van der Waals surface area contributed by atoms with Crippen molar-refractivity contribution in [3.63, 3.8) is 0 Å². The molecule has 2 nitrogen and oxygen atoms in total. The van der Waals surface area contributed by atoms with Gasteiger partial charge >= 0.3 is 5.97 Å². The normalized spacial score (nSPS) is 22.7. The van der Waals surface area contributed by atoms with E-state index in [1.807, 2.05) is 32.0 Å². The molecule has 2 atom stereocenters. The summed E-state index contributed by atoms with van der Waals surface area (Å²) in [6.07, 6.45) is 1.17. The van der Waals surface area contributed by atoms with Crippen molar-refractivity contribution in [1.29, 1.82) is 0 Å². The van der Waals surface area contributed by atoms with Gasteiger partial charge in [0.1, 0.15) is 0 Å². The van der Waals surface area contributed by atoms with Crippen LogP contribution in [0, 0.1) is 11.8 Å². The number of carbonyl (C=O) groups is 1. The summed E-state index contributed by atoms with van der Waals surface area (Å²) in [4.78, 5) is 12.2. The zero-order chi connectivity index (χ0) is 13.3. The van der Waals surface area contributed by atoms with E-state index in [1.165, 1.54) is 6.42 Å². The number of ether oxygens (including phenoxy) is 1. The van der Waals surface area contributed by atoms with E-state index in [1.54, 1.807) is 6.07 Å². The summed E-state index contributed by atoms with van der Waals surface area (Å²) in [6.45, 7) is 6.47. The largest absolute Gasteiger partial charge is 0.465 e. The maximum absolute atomic E-state index is 12.2. The number of carbonyl (C=O) groups excluding carboxylic acids is 1. The van der Waals surface area contributed by atoms with Crippen molar-refractivity contribution in [1.82, 2.24) is 0 Å². The molecule has 2 rings (SSSR count). The summed E-state index contributed by atoms with van der Waals surface area (Å²) in [7, 11) is 0. The van der Waals surface area contributed by atoms with Gasteiger partial charge in [-0.05, 0) is 49.8 Å². The van der Waals surface area contributed by atoms with Gasteiger partial charge in [0, 0.05) is 5.02 Å². The highest BCUT2D eigenvalue weighted by atomic mass is 35.5. The fourth-order valence-corrected chi connectivity index (χ4v) is 2.18. The van der Waals surface area contributed by atoms with Crippen molar-refractivity contribution in [2.75, 3.05) is 6.61 Å². The first-order valence-corrected chi connectivity index (χ1v) is 6.72. The molecule has 1 aromatic rings. The van der Waals surface area contributed by atoms with Crippen molar-refractivity contribution in [3.8, 4) is 0 Å². The number of rotatable bonds is 4. The van der Waals surface area contributed by atoms with Gasteiger partial charge in [-0.15, -0.1) is 0 Å². The third-order valence-corrected chi connectivity index (χ3v) is 4.00. The van der Waals surface area contributed by atoms with Crippen molar-refractivity contribution in [3.05, 3.63) is 34.9 Å². The van der Waals surface area contributed by atoms with Gasteiger partial charge in [-0.2, -0.15) is 0 Å². The molecule has 18 heavy (non-hydrogen) atoms. The minimum atomic E-state index is -0.650. The van der Waals surface area contributed by atoms with Gasteiger partial charge in [-0.3, -0.25) is 4.79 Å². The Balaban J connectivity index is 2.02. The van der Waals surface area contributed by atoms with E-state index < -0.39 is 5.41 Å². The van der Waals surface area contributed by atoms with Gasteiger partial charge in [0.2, 0.25) is 0 Å². The Labute approximate surface area is 113 Å². The lowest BCUT2D eigenvalue weighted by Crippen LogP contribution is -2.31. The monoisotopic (exact) mass is 266 g/mol. The number of hydrogen-bond acceptors (Lipinski definition) is 2. The Hall–Kier alpha value is -1.02. The van der Waals surface area contributed by atoms with Crippen LogP contribution in [0.1, 0.15) is 32.8 Å². The van der Waals surface area contributed by atoms with Gasteiger partial charge in [0.25, 0.3) is 0 Å². The third kappa shape index (κ3) is 2.86. The summed E-state index contributed by atoms with van der Waals surface area (Å²) < 4.78 is 5.41. The zero-order valence-electron chi connectivity index (χ0n) is 11.1. The minimum absolute atomic E-state index is 0.177. The summed E-state index contributed by atoms with van der Waals surface area (Å²) in [5.74, 6) is 1.08. The molecular weight excluding hydrogens is 248 g/mol. The fraction of sp³-hybridized carbons (Fsp3) is 0.533. The molecular formula is C15H19ClO2. The first-order valence-electron chi connectivity index (χ1n) is 6.34. The molecule has 1 aromatic carbocycles. The highest BCUT2D eigenvalue weighted by Gasteiger charge is 2.37. The van der Waals surface area contributed by atoms with Crippen molar-refractivity contribution in [2.24, 2.45) is 11.8 Å². The third-order valence-electron chi connectivity index (χ3n) is 3.76. The number of esters is 1. The van der Waals surface area contributed by atoms with Gasteiger partial charge in [0.05, 0.1) is 12.0 Å². The predicted octanol–water partition coefficient (Wildman–Crippen LogP) is 3.82. The Morgan fingerprint density at radius 3 is 2.72 bits per heavy atom. The molecule has 0 aliphatic heterocycles. The van der Waals surface area contributed by atoms with Crippen LogP contribution in [-0.2, 0) is 14.9 Å². The van der Waals surface area contributed by atoms with E-state index in [0.717, 1.165) is 5.56 Å². The molecule has 0 bridgehead atoms. The van der Waals surface area contributed by atoms with Crippen LogP contribution in [0.25, 0.3) is 0 Å². The summed E-state index contributed by atoms with van der Waals surface area (Å²) >= 11 is 5.96. The second-order valence-electron chi connectivity index (χ2n) is 5.71. The summed E-state index contributed by atoms with van der Waals surface area (Å²) in [5, 5.41) is 0.643. The van der Waals surface area contributed by atoms with E-state index in [4.69, 9.17) is 16.3 Å². The van der Waals surface area contributed by atoms with Crippen LogP contribution in [0.2, 0.25) is 5.02 Å². The van der Waals surface area contributed by atoms with Crippen molar-refractivity contribution < 1.29 is 9.53 Å². The van der Waals surface area contributed by atoms with E-state index in [2.05, 4.69) is 6.92 Å².